The molecule has 1 aromatic rings. The maximum absolute atomic E-state index is 13.0. The van der Waals surface area contributed by atoms with Gasteiger partial charge >= 0.3 is 5.97 Å². The predicted molar refractivity (Wildman–Crippen MR) is 88.3 cm³/mol. The van der Waals surface area contributed by atoms with E-state index in [4.69, 9.17) is 5.11 Å². The maximum atomic E-state index is 13.0. The molecule has 1 aromatic carbocycles. The van der Waals surface area contributed by atoms with E-state index >= 15 is 0 Å². The molecule has 0 bridgehead atoms. The van der Waals surface area contributed by atoms with Crippen molar-refractivity contribution >= 4 is 16.2 Å². The summed E-state index contributed by atoms with van der Waals surface area (Å²) in [4.78, 5) is 11.2. The van der Waals surface area contributed by atoms with Gasteiger partial charge in [-0.25, -0.2) is 4.39 Å². The maximum Gasteiger partial charge on any atom is 0.322 e. The summed E-state index contributed by atoms with van der Waals surface area (Å²) in [5, 5.41) is 9.14. The van der Waals surface area contributed by atoms with Crippen LogP contribution in [0.3, 0.4) is 0 Å². The van der Waals surface area contributed by atoms with Gasteiger partial charge in [0.1, 0.15) is 11.9 Å². The Hall–Kier alpha value is -1.51. The minimum atomic E-state index is -3.84. The number of nitrogens with one attached hydrogen (secondary N) is 1. The highest BCUT2D eigenvalue weighted by atomic mass is 32.2. The smallest absolute Gasteiger partial charge is 0.322 e. The molecule has 1 atom stereocenters. The van der Waals surface area contributed by atoms with Crippen LogP contribution in [0.4, 0.5) is 4.39 Å². The number of piperidine rings is 1. The first-order valence-corrected chi connectivity index (χ1v) is 9.40. The van der Waals surface area contributed by atoms with E-state index in [0.717, 1.165) is 5.56 Å². The molecule has 0 aliphatic carbocycles. The van der Waals surface area contributed by atoms with Crippen LogP contribution in [0.1, 0.15) is 38.2 Å². The lowest BCUT2D eigenvalue weighted by molar-refractivity contribution is -0.140. The van der Waals surface area contributed by atoms with Crippen molar-refractivity contribution in [2.24, 2.45) is 5.92 Å². The van der Waals surface area contributed by atoms with E-state index in [0.29, 0.717) is 25.9 Å². The normalized spacial score (nSPS) is 18.7. The Morgan fingerprint density at radius 1 is 1.25 bits per heavy atom. The third kappa shape index (κ3) is 4.52. The average Bonchev–Trinajstić information content (AvgIpc) is 2.53. The first-order chi connectivity index (χ1) is 11.2. The van der Waals surface area contributed by atoms with E-state index in [1.165, 1.54) is 16.4 Å². The summed E-state index contributed by atoms with van der Waals surface area (Å²) >= 11 is 0. The van der Waals surface area contributed by atoms with E-state index < -0.39 is 22.2 Å². The van der Waals surface area contributed by atoms with Crippen molar-refractivity contribution in [3.63, 3.8) is 0 Å². The molecule has 134 valence electrons. The van der Waals surface area contributed by atoms with E-state index in [1.807, 2.05) is 0 Å². The van der Waals surface area contributed by atoms with Gasteiger partial charge in [0.15, 0.2) is 0 Å². The zero-order valence-electron chi connectivity index (χ0n) is 13.8. The molecule has 0 amide bonds. The second-order valence-electron chi connectivity index (χ2n) is 6.41. The van der Waals surface area contributed by atoms with Crippen LogP contribution in [0.25, 0.3) is 0 Å². The van der Waals surface area contributed by atoms with Crippen molar-refractivity contribution < 1.29 is 22.7 Å². The van der Waals surface area contributed by atoms with Crippen molar-refractivity contribution in [3.05, 3.63) is 35.6 Å². The molecule has 6 nitrogen and oxygen atoms in total. The van der Waals surface area contributed by atoms with Crippen molar-refractivity contribution in [2.45, 2.75) is 38.6 Å². The molecular formula is C16H23FN2O4S. The molecule has 1 heterocycles. The number of carboxylic acids is 1. The van der Waals surface area contributed by atoms with E-state index in [-0.39, 0.29) is 17.7 Å². The molecule has 0 aromatic heterocycles. The molecule has 0 radical (unpaired) electrons. The molecule has 0 unspecified atom stereocenters. The average molecular weight is 358 g/mol. The SMILES string of the molecule is CC(C)[C@@H](NS(=O)(=O)N1CCC(c2ccc(F)cc2)CC1)C(=O)O. The van der Waals surface area contributed by atoms with Crippen LogP contribution in [0.5, 0.6) is 0 Å². The Bertz CT molecular complexity index is 668. The van der Waals surface area contributed by atoms with Gasteiger partial charge in [-0.3, -0.25) is 4.79 Å². The molecule has 2 rings (SSSR count). The summed E-state index contributed by atoms with van der Waals surface area (Å²) < 4.78 is 41.3. The molecule has 0 saturated carbocycles. The molecule has 1 saturated heterocycles. The highest BCUT2D eigenvalue weighted by molar-refractivity contribution is 7.87. The Labute approximate surface area is 141 Å². The number of halogens is 1. The van der Waals surface area contributed by atoms with Gasteiger partial charge in [-0.05, 0) is 42.4 Å². The Kier molecular flexibility index (Phi) is 5.95. The number of hydrogen-bond donors (Lipinski definition) is 2. The monoisotopic (exact) mass is 358 g/mol. The first kappa shape index (κ1) is 18.8. The minimum Gasteiger partial charge on any atom is -0.480 e. The molecule has 1 aliphatic heterocycles. The van der Waals surface area contributed by atoms with Crippen LogP contribution >= 0.6 is 0 Å². The van der Waals surface area contributed by atoms with Gasteiger partial charge in [0.05, 0.1) is 0 Å². The van der Waals surface area contributed by atoms with Crippen molar-refractivity contribution in [3.8, 4) is 0 Å². The lowest BCUT2D eigenvalue weighted by Crippen LogP contribution is -2.52. The Morgan fingerprint density at radius 3 is 2.25 bits per heavy atom. The zero-order valence-corrected chi connectivity index (χ0v) is 14.6. The number of hydrogen-bond acceptors (Lipinski definition) is 3. The summed E-state index contributed by atoms with van der Waals surface area (Å²) in [5.41, 5.74) is 0.993. The van der Waals surface area contributed by atoms with Crippen LogP contribution in [-0.4, -0.2) is 42.9 Å². The van der Waals surface area contributed by atoms with Gasteiger partial charge in [0, 0.05) is 13.1 Å². The van der Waals surface area contributed by atoms with Gasteiger partial charge in [-0.1, -0.05) is 26.0 Å². The van der Waals surface area contributed by atoms with E-state index in [9.17, 15) is 17.6 Å². The summed E-state index contributed by atoms with van der Waals surface area (Å²) in [7, 11) is -3.84. The highest BCUT2D eigenvalue weighted by Gasteiger charge is 2.33. The number of carboxylic acid groups (broad SMARTS) is 1. The summed E-state index contributed by atoms with van der Waals surface area (Å²) in [6.45, 7) is 3.92. The van der Waals surface area contributed by atoms with E-state index in [2.05, 4.69) is 4.72 Å². The number of nitrogens with zero attached hydrogens (tertiary/aromatic N) is 1. The van der Waals surface area contributed by atoms with Gasteiger partial charge in [-0.2, -0.15) is 17.4 Å². The standard InChI is InChI=1S/C16H23FN2O4S/c1-11(2)15(16(20)21)18-24(22,23)19-9-7-13(8-10-19)12-3-5-14(17)6-4-12/h3-6,11,13,15,18H,7-10H2,1-2H3,(H,20,21)/t15-/m1/s1. The summed E-state index contributed by atoms with van der Waals surface area (Å²) in [5.74, 6) is -1.66. The molecule has 1 aliphatic rings. The predicted octanol–water partition coefficient (Wildman–Crippen LogP) is 1.95. The Balaban J connectivity index is 2.00. The van der Waals surface area contributed by atoms with Crippen LogP contribution in [0.2, 0.25) is 0 Å². The number of aliphatic carboxylic acids is 1. The number of rotatable bonds is 6. The quantitative estimate of drug-likeness (QED) is 0.814. The van der Waals surface area contributed by atoms with Crippen LogP contribution < -0.4 is 4.72 Å². The molecule has 2 N–H and O–H groups in total. The molecule has 8 heteroatoms. The largest absolute Gasteiger partial charge is 0.480 e. The second-order valence-corrected chi connectivity index (χ2v) is 8.11. The topological polar surface area (TPSA) is 86.7 Å². The first-order valence-electron chi connectivity index (χ1n) is 7.96. The van der Waals surface area contributed by atoms with Gasteiger partial charge in [0.25, 0.3) is 10.2 Å². The van der Waals surface area contributed by atoms with E-state index in [1.54, 1.807) is 26.0 Å². The third-order valence-corrected chi connectivity index (χ3v) is 5.94. The summed E-state index contributed by atoms with van der Waals surface area (Å²) in [6.07, 6.45) is 1.23. The third-order valence-electron chi connectivity index (χ3n) is 4.34. The lowest BCUT2D eigenvalue weighted by Gasteiger charge is -2.32. The molecule has 24 heavy (non-hydrogen) atoms. The fourth-order valence-electron chi connectivity index (χ4n) is 2.87. The number of carbonyl (C=O) groups is 1. The van der Waals surface area contributed by atoms with Crippen molar-refractivity contribution in [1.29, 1.82) is 0 Å². The zero-order chi connectivity index (χ0) is 17.9. The van der Waals surface area contributed by atoms with Crippen LogP contribution in [-0.2, 0) is 15.0 Å². The van der Waals surface area contributed by atoms with Crippen molar-refractivity contribution in [1.82, 2.24) is 9.03 Å². The van der Waals surface area contributed by atoms with Crippen molar-refractivity contribution in [2.75, 3.05) is 13.1 Å². The highest BCUT2D eigenvalue weighted by Crippen LogP contribution is 2.29. The van der Waals surface area contributed by atoms with Gasteiger partial charge in [0.2, 0.25) is 0 Å². The number of benzene rings is 1. The van der Waals surface area contributed by atoms with Gasteiger partial charge in [-0.15, -0.1) is 0 Å². The molecule has 1 fully saturated rings. The fourth-order valence-corrected chi connectivity index (χ4v) is 4.41. The summed E-state index contributed by atoms with van der Waals surface area (Å²) in [6, 6.07) is 5.11. The second kappa shape index (κ2) is 7.58. The van der Waals surface area contributed by atoms with Gasteiger partial charge < -0.3 is 5.11 Å². The molecule has 0 spiro atoms. The molecular weight excluding hydrogens is 335 g/mol. The Morgan fingerprint density at radius 2 is 1.79 bits per heavy atom. The van der Waals surface area contributed by atoms with Crippen LogP contribution in [0.15, 0.2) is 24.3 Å². The van der Waals surface area contributed by atoms with Crippen LogP contribution in [0, 0.1) is 11.7 Å². The minimum absolute atomic E-state index is 0.178. The fraction of sp³-hybridized carbons (Fsp3) is 0.562. The lowest BCUT2D eigenvalue weighted by atomic mass is 9.90.